The van der Waals surface area contributed by atoms with Gasteiger partial charge in [-0.15, -0.1) is 0 Å². The molecule has 2 aromatic rings. The van der Waals surface area contributed by atoms with Gasteiger partial charge in [0.25, 0.3) is 0 Å². The molecule has 0 unspecified atom stereocenters. The van der Waals surface area contributed by atoms with Gasteiger partial charge in [0.1, 0.15) is 11.4 Å². The minimum atomic E-state index is -1.08. The van der Waals surface area contributed by atoms with Gasteiger partial charge in [-0.1, -0.05) is 55.5 Å². The predicted octanol–water partition coefficient (Wildman–Crippen LogP) is 2.97. The molecule has 1 amide bonds. The molecule has 0 spiro atoms. The molecule has 2 N–H and O–H groups in total. The van der Waals surface area contributed by atoms with Crippen LogP contribution in [0.1, 0.15) is 36.8 Å². The van der Waals surface area contributed by atoms with Crippen molar-refractivity contribution in [2.75, 3.05) is 13.2 Å². The van der Waals surface area contributed by atoms with Gasteiger partial charge in [-0.05, 0) is 18.1 Å². The first-order valence-corrected chi connectivity index (χ1v) is 8.41. The fraction of sp³-hybridized carbons (Fsp3) is 0.350. The topological polar surface area (TPSA) is 58.6 Å². The molecule has 0 saturated heterocycles. The molecule has 0 radical (unpaired) electrons. The molecule has 2 atom stereocenters. The Kier molecular flexibility index (Phi) is 4.86. The van der Waals surface area contributed by atoms with Gasteiger partial charge in [0.05, 0.1) is 19.1 Å². The maximum Gasteiger partial charge on any atom is 0.227 e. The lowest BCUT2D eigenvalue weighted by molar-refractivity contribution is -0.124. The average Bonchev–Trinajstić information content (AvgIpc) is 2.62. The number of benzene rings is 2. The number of para-hydroxylation sites is 1. The molecule has 0 aliphatic carbocycles. The van der Waals surface area contributed by atoms with Gasteiger partial charge in [-0.3, -0.25) is 4.79 Å². The zero-order valence-corrected chi connectivity index (χ0v) is 13.9. The second-order valence-corrected chi connectivity index (χ2v) is 6.22. The Hall–Kier alpha value is -2.33. The predicted molar refractivity (Wildman–Crippen MR) is 92.9 cm³/mol. The van der Waals surface area contributed by atoms with Gasteiger partial charge >= 0.3 is 0 Å². The summed E-state index contributed by atoms with van der Waals surface area (Å²) >= 11 is 0. The van der Waals surface area contributed by atoms with E-state index in [2.05, 4.69) is 5.32 Å². The van der Waals surface area contributed by atoms with Crippen LogP contribution in [0.3, 0.4) is 0 Å². The van der Waals surface area contributed by atoms with Crippen molar-refractivity contribution in [3.8, 4) is 5.75 Å². The number of aliphatic hydroxyl groups is 1. The van der Waals surface area contributed by atoms with E-state index in [-0.39, 0.29) is 18.4 Å². The second kappa shape index (κ2) is 7.05. The van der Waals surface area contributed by atoms with E-state index >= 15 is 0 Å². The zero-order chi connectivity index (χ0) is 17.0. The molecule has 4 nitrogen and oxygen atoms in total. The van der Waals surface area contributed by atoms with E-state index in [1.807, 2.05) is 61.5 Å². The molecule has 1 aliphatic rings. The SMILES string of the molecule is CC[C@@H](C(=O)NC[C@]1(O)CCOc2ccccc21)c1ccccc1. The molecule has 0 bridgehead atoms. The molecule has 0 saturated carbocycles. The van der Waals surface area contributed by atoms with Crippen LogP contribution in [0.2, 0.25) is 0 Å². The molecule has 2 aromatic carbocycles. The quantitative estimate of drug-likeness (QED) is 0.888. The summed E-state index contributed by atoms with van der Waals surface area (Å²) in [5.41, 5.74) is 0.653. The first kappa shape index (κ1) is 16.5. The van der Waals surface area contributed by atoms with Crippen LogP contribution in [-0.4, -0.2) is 24.2 Å². The molecule has 126 valence electrons. The Labute approximate surface area is 142 Å². The Morgan fingerprint density at radius 1 is 1.21 bits per heavy atom. The first-order chi connectivity index (χ1) is 11.6. The van der Waals surface area contributed by atoms with Gasteiger partial charge in [0.2, 0.25) is 5.91 Å². The fourth-order valence-corrected chi connectivity index (χ4v) is 3.24. The summed E-state index contributed by atoms with van der Waals surface area (Å²) in [6, 6.07) is 17.2. The minimum absolute atomic E-state index is 0.0545. The highest BCUT2D eigenvalue weighted by Crippen LogP contribution is 2.36. The normalized spacial score (nSPS) is 20.6. The summed E-state index contributed by atoms with van der Waals surface area (Å²) in [5, 5.41) is 13.9. The Morgan fingerprint density at radius 2 is 1.92 bits per heavy atom. The number of fused-ring (bicyclic) bond motifs is 1. The molecular formula is C20H23NO3. The average molecular weight is 325 g/mol. The monoisotopic (exact) mass is 325 g/mol. The van der Waals surface area contributed by atoms with Gasteiger partial charge in [-0.25, -0.2) is 0 Å². The number of rotatable bonds is 5. The van der Waals surface area contributed by atoms with Crippen LogP contribution in [0.25, 0.3) is 0 Å². The molecular weight excluding hydrogens is 302 g/mol. The maximum atomic E-state index is 12.6. The van der Waals surface area contributed by atoms with Gasteiger partial charge in [-0.2, -0.15) is 0 Å². The van der Waals surface area contributed by atoms with Crippen molar-refractivity contribution < 1.29 is 14.6 Å². The molecule has 1 heterocycles. The van der Waals surface area contributed by atoms with E-state index in [0.717, 1.165) is 11.1 Å². The van der Waals surface area contributed by atoms with Crippen LogP contribution in [0.4, 0.5) is 0 Å². The van der Waals surface area contributed by atoms with Gasteiger partial charge in [0, 0.05) is 12.0 Å². The third-order valence-corrected chi connectivity index (χ3v) is 4.64. The van der Waals surface area contributed by atoms with E-state index in [1.54, 1.807) is 0 Å². The van der Waals surface area contributed by atoms with E-state index in [4.69, 9.17) is 4.74 Å². The highest BCUT2D eigenvalue weighted by molar-refractivity contribution is 5.83. The van der Waals surface area contributed by atoms with Crippen molar-refractivity contribution in [1.29, 1.82) is 0 Å². The molecule has 24 heavy (non-hydrogen) atoms. The van der Waals surface area contributed by atoms with Crippen molar-refractivity contribution >= 4 is 5.91 Å². The third-order valence-electron chi connectivity index (χ3n) is 4.64. The van der Waals surface area contributed by atoms with Crippen LogP contribution >= 0.6 is 0 Å². The number of carbonyl (C=O) groups excluding carboxylic acids is 1. The van der Waals surface area contributed by atoms with E-state index in [9.17, 15) is 9.90 Å². The van der Waals surface area contributed by atoms with Crippen molar-refractivity contribution in [2.24, 2.45) is 0 Å². The second-order valence-electron chi connectivity index (χ2n) is 6.22. The molecule has 1 aliphatic heterocycles. The number of nitrogens with one attached hydrogen (secondary N) is 1. The van der Waals surface area contributed by atoms with Crippen molar-refractivity contribution in [1.82, 2.24) is 5.32 Å². The largest absolute Gasteiger partial charge is 0.493 e. The molecule has 3 rings (SSSR count). The highest BCUT2D eigenvalue weighted by atomic mass is 16.5. The number of hydrogen-bond acceptors (Lipinski definition) is 3. The summed E-state index contributed by atoms with van der Waals surface area (Å²) in [7, 11) is 0. The summed E-state index contributed by atoms with van der Waals surface area (Å²) in [4.78, 5) is 12.6. The van der Waals surface area contributed by atoms with Crippen molar-refractivity contribution in [3.05, 3.63) is 65.7 Å². The molecule has 0 aromatic heterocycles. The lowest BCUT2D eigenvalue weighted by Crippen LogP contribution is -2.45. The number of hydrogen-bond donors (Lipinski definition) is 2. The first-order valence-electron chi connectivity index (χ1n) is 8.41. The lowest BCUT2D eigenvalue weighted by Gasteiger charge is -2.34. The van der Waals surface area contributed by atoms with E-state index in [0.29, 0.717) is 25.2 Å². The number of ether oxygens (including phenoxy) is 1. The Bertz CT molecular complexity index is 701. The Balaban J connectivity index is 1.72. The van der Waals surface area contributed by atoms with Crippen LogP contribution in [0, 0.1) is 0 Å². The smallest absolute Gasteiger partial charge is 0.227 e. The Morgan fingerprint density at radius 3 is 2.67 bits per heavy atom. The van der Waals surface area contributed by atoms with Crippen LogP contribution < -0.4 is 10.1 Å². The standard InChI is InChI=1S/C20H23NO3/c1-2-16(15-8-4-3-5-9-15)19(22)21-14-20(23)12-13-24-18-11-7-6-10-17(18)20/h3-11,16,23H,2,12-14H2,1H3,(H,21,22)/t16-,20-/m1/s1. The summed E-state index contributed by atoms with van der Waals surface area (Å²) < 4.78 is 5.59. The third kappa shape index (κ3) is 3.29. The van der Waals surface area contributed by atoms with E-state index in [1.165, 1.54) is 0 Å². The highest BCUT2D eigenvalue weighted by Gasteiger charge is 2.36. The van der Waals surface area contributed by atoms with Gasteiger partial charge < -0.3 is 15.2 Å². The number of carbonyl (C=O) groups is 1. The van der Waals surface area contributed by atoms with Crippen LogP contribution in [-0.2, 0) is 10.4 Å². The minimum Gasteiger partial charge on any atom is -0.493 e. The fourth-order valence-electron chi connectivity index (χ4n) is 3.24. The van der Waals surface area contributed by atoms with Crippen LogP contribution in [0.15, 0.2) is 54.6 Å². The van der Waals surface area contributed by atoms with Crippen LogP contribution in [0.5, 0.6) is 5.75 Å². The number of amides is 1. The summed E-state index contributed by atoms with van der Waals surface area (Å²) in [5.74, 6) is 0.432. The van der Waals surface area contributed by atoms with Crippen molar-refractivity contribution in [2.45, 2.75) is 31.3 Å². The lowest BCUT2D eigenvalue weighted by atomic mass is 9.87. The molecule has 0 fully saturated rings. The summed E-state index contributed by atoms with van der Waals surface area (Å²) in [6.45, 7) is 2.63. The van der Waals surface area contributed by atoms with E-state index < -0.39 is 5.60 Å². The van der Waals surface area contributed by atoms with Crippen molar-refractivity contribution in [3.63, 3.8) is 0 Å². The molecule has 4 heteroatoms. The zero-order valence-electron chi connectivity index (χ0n) is 13.9. The maximum absolute atomic E-state index is 12.6. The van der Waals surface area contributed by atoms with Gasteiger partial charge in [0.15, 0.2) is 0 Å². The summed E-state index contributed by atoms with van der Waals surface area (Å²) in [6.07, 6.45) is 1.18.